The van der Waals surface area contributed by atoms with Crippen molar-refractivity contribution in [2.45, 2.75) is 85.0 Å². The highest BCUT2D eigenvalue weighted by atomic mass is 16.7. The van der Waals surface area contributed by atoms with E-state index in [2.05, 4.69) is 34.6 Å². The number of hydrogen-bond acceptors (Lipinski definition) is 4. The minimum Gasteiger partial charge on any atom is -0.444 e. The fourth-order valence-electron chi connectivity index (χ4n) is 2.87. The van der Waals surface area contributed by atoms with Crippen LogP contribution < -0.4 is 0 Å². The maximum Gasteiger partial charge on any atom is 0.490 e. The summed E-state index contributed by atoms with van der Waals surface area (Å²) in [5.74, 6) is 0. The Hall–Kier alpha value is -1.01. The molecule has 0 spiro atoms. The fraction of sp³-hybridized carbons (Fsp3) is 0.833. The Morgan fingerprint density at radius 3 is 1.96 bits per heavy atom. The summed E-state index contributed by atoms with van der Waals surface area (Å²) in [6.45, 7) is 17.4. The maximum absolute atomic E-state index is 12.2. The van der Waals surface area contributed by atoms with Crippen molar-refractivity contribution in [1.82, 2.24) is 4.90 Å². The lowest BCUT2D eigenvalue weighted by atomic mass is 9.74. The predicted molar refractivity (Wildman–Crippen MR) is 95.8 cm³/mol. The van der Waals surface area contributed by atoms with Crippen LogP contribution >= 0.6 is 0 Å². The van der Waals surface area contributed by atoms with Crippen molar-refractivity contribution in [2.24, 2.45) is 0 Å². The molecular formula is C18H32BNO4. The molecule has 0 bridgehead atoms. The van der Waals surface area contributed by atoms with Crippen molar-refractivity contribution in [3.63, 3.8) is 0 Å². The van der Waals surface area contributed by atoms with E-state index in [9.17, 15) is 4.79 Å². The highest BCUT2D eigenvalue weighted by molar-refractivity contribution is 6.54. The number of piperidine rings is 1. The van der Waals surface area contributed by atoms with Gasteiger partial charge in [-0.3, -0.25) is 0 Å². The van der Waals surface area contributed by atoms with Crippen LogP contribution in [0.1, 0.15) is 68.2 Å². The molecule has 24 heavy (non-hydrogen) atoms. The zero-order chi connectivity index (χ0) is 18.3. The number of amides is 1. The lowest BCUT2D eigenvalue weighted by Crippen LogP contribution is -2.41. The van der Waals surface area contributed by atoms with Gasteiger partial charge in [0.25, 0.3) is 0 Å². The second-order valence-electron chi connectivity index (χ2n) is 8.84. The lowest BCUT2D eigenvalue weighted by molar-refractivity contribution is 0.00578. The summed E-state index contributed by atoms with van der Waals surface area (Å²) >= 11 is 0. The number of carbonyl (C=O) groups excluding carboxylic acids is 1. The molecule has 6 heteroatoms. The molecule has 2 aliphatic heterocycles. The topological polar surface area (TPSA) is 48.0 Å². The molecule has 0 aliphatic carbocycles. The number of nitrogens with zero attached hydrogens (tertiary/aromatic N) is 1. The molecule has 0 atom stereocenters. The van der Waals surface area contributed by atoms with Crippen LogP contribution in [-0.4, -0.2) is 48.0 Å². The summed E-state index contributed by atoms with van der Waals surface area (Å²) in [6.07, 6.45) is 1.46. The molecule has 0 aromatic carbocycles. The van der Waals surface area contributed by atoms with Crippen LogP contribution in [0.2, 0.25) is 0 Å². The van der Waals surface area contributed by atoms with E-state index < -0.39 is 5.60 Å². The largest absolute Gasteiger partial charge is 0.490 e. The van der Waals surface area contributed by atoms with Crippen molar-refractivity contribution >= 4 is 13.2 Å². The summed E-state index contributed by atoms with van der Waals surface area (Å²) in [7, 11) is -0.293. The van der Waals surface area contributed by atoms with Crippen molar-refractivity contribution in [3.05, 3.63) is 11.0 Å². The van der Waals surface area contributed by atoms with Gasteiger partial charge in [0.05, 0.1) is 11.2 Å². The Morgan fingerprint density at radius 1 is 1.08 bits per heavy atom. The predicted octanol–water partition coefficient (Wildman–Crippen LogP) is 3.97. The highest BCUT2D eigenvalue weighted by Crippen LogP contribution is 2.39. The number of ether oxygens (including phenoxy) is 1. The molecule has 2 rings (SSSR count). The summed E-state index contributed by atoms with van der Waals surface area (Å²) < 4.78 is 17.7. The monoisotopic (exact) mass is 337 g/mol. The molecule has 0 saturated carbocycles. The van der Waals surface area contributed by atoms with E-state index in [0.717, 1.165) is 18.3 Å². The molecule has 0 aromatic rings. The second-order valence-corrected chi connectivity index (χ2v) is 8.84. The Kier molecular flexibility index (Phi) is 5.13. The SMILES string of the molecule is CC(B1OC(C)(C)C(C)(C)O1)=C1CCN(C(=O)OC(C)(C)C)CC1. The van der Waals surface area contributed by atoms with Gasteiger partial charge >= 0.3 is 13.2 Å². The minimum atomic E-state index is -0.453. The Bertz CT molecular complexity index is 508. The normalized spacial score (nSPS) is 23.4. The molecule has 136 valence electrons. The first kappa shape index (κ1) is 19.3. The van der Waals surface area contributed by atoms with Crippen molar-refractivity contribution in [2.75, 3.05) is 13.1 Å². The van der Waals surface area contributed by atoms with E-state index in [1.165, 1.54) is 5.57 Å². The van der Waals surface area contributed by atoms with Gasteiger partial charge in [-0.15, -0.1) is 0 Å². The van der Waals surface area contributed by atoms with Crippen LogP contribution in [0, 0.1) is 0 Å². The average molecular weight is 337 g/mol. The Balaban J connectivity index is 1.99. The van der Waals surface area contributed by atoms with Gasteiger partial charge in [-0.2, -0.15) is 0 Å². The Labute approximate surface area is 146 Å². The summed E-state index contributed by atoms with van der Waals surface area (Å²) in [4.78, 5) is 13.9. The van der Waals surface area contributed by atoms with E-state index >= 15 is 0 Å². The molecule has 1 amide bonds. The van der Waals surface area contributed by atoms with Crippen LogP contribution in [0.5, 0.6) is 0 Å². The quantitative estimate of drug-likeness (QED) is 0.680. The second kappa shape index (κ2) is 6.38. The number of carbonyl (C=O) groups is 1. The first-order valence-corrected chi connectivity index (χ1v) is 8.84. The molecule has 5 nitrogen and oxygen atoms in total. The molecule has 2 heterocycles. The zero-order valence-electron chi connectivity index (χ0n) is 16.5. The van der Waals surface area contributed by atoms with E-state index in [1.54, 1.807) is 4.90 Å². The van der Waals surface area contributed by atoms with E-state index in [4.69, 9.17) is 14.0 Å². The molecule has 0 N–H and O–H groups in total. The molecular weight excluding hydrogens is 305 g/mol. The van der Waals surface area contributed by atoms with Gasteiger partial charge in [-0.25, -0.2) is 4.79 Å². The minimum absolute atomic E-state index is 0.227. The van der Waals surface area contributed by atoms with Gasteiger partial charge in [0.2, 0.25) is 0 Å². The molecule has 2 fully saturated rings. The molecule has 0 aromatic heterocycles. The van der Waals surface area contributed by atoms with Gasteiger partial charge in [-0.05, 0) is 73.7 Å². The fourth-order valence-corrected chi connectivity index (χ4v) is 2.87. The number of hydrogen-bond donors (Lipinski definition) is 0. The van der Waals surface area contributed by atoms with Gasteiger partial charge in [-0.1, -0.05) is 5.57 Å². The van der Waals surface area contributed by atoms with Crippen LogP contribution in [-0.2, 0) is 14.0 Å². The number of allylic oxidation sites excluding steroid dienone is 1. The van der Waals surface area contributed by atoms with Crippen LogP contribution in [0.3, 0.4) is 0 Å². The van der Waals surface area contributed by atoms with E-state index in [0.29, 0.717) is 13.1 Å². The smallest absolute Gasteiger partial charge is 0.444 e. The Morgan fingerprint density at radius 2 is 1.54 bits per heavy atom. The molecule has 0 unspecified atom stereocenters. The summed E-state index contributed by atoms with van der Waals surface area (Å²) in [6, 6.07) is 0. The third-order valence-corrected chi connectivity index (χ3v) is 5.18. The van der Waals surface area contributed by atoms with Gasteiger partial charge in [0.15, 0.2) is 0 Å². The standard InChI is InChI=1S/C18H32BNO4/c1-13(19-23-17(5,6)18(7,8)24-19)14-9-11-20(12-10-14)15(21)22-16(2,3)4/h9-12H2,1-8H3. The van der Waals surface area contributed by atoms with Crippen LogP contribution in [0.4, 0.5) is 4.79 Å². The number of likely N-dealkylation sites (tertiary alicyclic amines) is 1. The van der Waals surface area contributed by atoms with E-state index in [1.807, 2.05) is 20.8 Å². The first-order chi connectivity index (χ1) is 10.8. The zero-order valence-corrected chi connectivity index (χ0v) is 16.5. The summed E-state index contributed by atoms with van der Waals surface area (Å²) in [5, 5.41) is 0. The van der Waals surface area contributed by atoms with Gasteiger partial charge < -0.3 is 18.9 Å². The molecule has 2 aliphatic rings. The third-order valence-electron chi connectivity index (χ3n) is 5.18. The lowest BCUT2D eigenvalue weighted by Gasteiger charge is -2.32. The third kappa shape index (κ3) is 4.15. The van der Waals surface area contributed by atoms with Crippen molar-refractivity contribution < 1.29 is 18.8 Å². The molecule has 0 radical (unpaired) electrons. The van der Waals surface area contributed by atoms with Crippen LogP contribution in [0.15, 0.2) is 11.0 Å². The van der Waals surface area contributed by atoms with E-state index in [-0.39, 0.29) is 24.4 Å². The first-order valence-electron chi connectivity index (χ1n) is 8.84. The molecule has 2 saturated heterocycles. The van der Waals surface area contributed by atoms with Crippen molar-refractivity contribution in [3.8, 4) is 0 Å². The number of rotatable bonds is 1. The highest BCUT2D eigenvalue weighted by Gasteiger charge is 2.52. The van der Waals surface area contributed by atoms with Gasteiger partial charge in [0, 0.05) is 13.1 Å². The average Bonchev–Trinajstić information content (AvgIpc) is 2.65. The van der Waals surface area contributed by atoms with Crippen LogP contribution in [0.25, 0.3) is 0 Å². The maximum atomic E-state index is 12.2. The summed E-state index contributed by atoms with van der Waals surface area (Å²) in [5.41, 5.74) is 1.38. The van der Waals surface area contributed by atoms with Gasteiger partial charge in [0.1, 0.15) is 5.60 Å². The van der Waals surface area contributed by atoms with Crippen molar-refractivity contribution in [1.29, 1.82) is 0 Å².